The van der Waals surface area contributed by atoms with Gasteiger partial charge in [-0.15, -0.1) is 0 Å². The van der Waals surface area contributed by atoms with Crippen LogP contribution in [-0.2, 0) is 28.6 Å². The third-order valence-corrected chi connectivity index (χ3v) is 16.8. The predicted molar refractivity (Wildman–Crippen MR) is 360 cm³/mol. The number of esters is 2. The van der Waals surface area contributed by atoms with Crippen LogP contribution in [0.1, 0.15) is 243 Å². The number of nitrogens with zero attached hydrogens (tertiary/aromatic N) is 4. The number of benzene rings is 4. The fourth-order valence-electron chi connectivity index (χ4n) is 11.5. The van der Waals surface area contributed by atoms with Crippen LogP contribution in [0.15, 0.2) is 94.9 Å². The fraction of sp³-hybridized carbons (Fsp3) is 0.569. The maximum Gasteiger partial charge on any atom is 0.338 e. The van der Waals surface area contributed by atoms with Crippen molar-refractivity contribution in [3.05, 3.63) is 138 Å². The first-order chi connectivity index (χ1) is 41.3. The number of aldehydes is 1. The minimum atomic E-state index is -0.780. The van der Waals surface area contributed by atoms with Crippen LogP contribution in [0.3, 0.4) is 0 Å². The van der Waals surface area contributed by atoms with Gasteiger partial charge in [-0.2, -0.15) is 0 Å². The van der Waals surface area contributed by atoms with Crippen LogP contribution in [0, 0.1) is 21.7 Å². The van der Waals surface area contributed by atoms with Crippen LogP contribution in [-0.4, -0.2) is 98.7 Å². The second-order valence-electron chi connectivity index (χ2n) is 29.7. The number of amides is 2. The molecule has 2 saturated carbocycles. The standard InChI is InChI=1S/C36H48Cl2N2O4.C31H38Cl2N2O4.C5H10O/c1-23(2)44-33(42)25-11-9-24(10-12-25)30(15-16-34(3,4)5)40-32(41)31(26-19-27(37)21-28(38)20-26)39-36(40)17-13-29(14-18-36)43-22-35(6,7)8;1-19(2)39-29(38)21-8-6-20(7-9-21)26(12-13-30(3,4)5)35-28(37)27(22-16-23(32)18-24(33)17-22)34-31(35)14-10-25(36)11-15-31;1-5(2,3)4-6/h9-12,19-21,23,29-30H,13-18,22H2,1-8H3;6-9,16-19,25-26,36H,10-15H2,1-5H3;4H,1-3H3/t29?,30-,36?;25?,26-,31?;/m11./s1. The minimum absolute atomic E-state index is 0.0438. The van der Waals surface area contributed by atoms with Crippen molar-refractivity contribution in [3.8, 4) is 0 Å². The zero-order valence-corrected chi connectivity index (χ0v) is 58.4. The Morgan fingerprint density at radius 1 is 0.562 bits per heavy atom. The van der Waals surface area contributed by atoms with Crippen molar-refractivity contribution in [2.45, 2.75) is 236 Å². The van der Waals surface area contributed by atoms with Crippen molar-refractivity contribution in [3.63, 3.8) is 0 Å². The summed E-state index contributed by atoms with van der Waals surface area (Å²) in [4.78, 5) is 78.1. The van der Waals surface area contributed by atoms with Gasteiger partial charge in [-0.1, -0.05) is 154 Å². The van der Waals surface area contributed by atoms with Gasteiger partial charge in [0.2, 0.25) is 0 Å². The zero-order valence-electron chi connectivity index (χ0n) is 55.3. The molecule has 4 aromatic rings. The molecule has 2 heterocycles. The first-order valence-electron chi connectivity index (χ1n) is 31.5. The molecule has 8 rings (SSSR count). The van der Waals surface area contributed by atoms with E-state index < -0.39 is 17.4 Å². The summed E-state index contributed by atoms with van der Waals surface area (Å²) < 4.78 is 17.1. The molecule has 2 fully saturated rings. The number of aliphatic imine (C=N–C) groups is 2. The van der Waals surface area contributed by atoms with Crippen molar-refractivity contribution in [1.82, 2.24) is 9.80 Å². The van der Waals surface area contributed by atoms with Crippen LogP contribution in [0.25, 0.3) is 0 Å². The zero-order chi connectivity index (χ0) is 66.2. The number of hydrogen-bond acceptors (Lipinski definition) is 11. The van der Waals surface area contributed by atoms with Crippen molar-refractivity contribution in [2.75, 3.05) is 6.61 Å². The molecule has 89 heavy (non-hydrogen) atoms. The Hall–Kier alpha value is -5.15. The Bertz CT molecular complexity index is 3130. The summed E-state index contributed by atoms with van der Waals surface area (Å²) in [7, 11) is 0. The molecule has 1 N–H and O–H groups in total. The lowest BCUT2D eigenvalue weighted by atomic mass is 9.82. The highest BCUT2D eigenvalue weighted by molar-refractivity contribution is 6.48. The average Bonchev–Trinajstić information content (AvgIpc) is 1.62. The fourth-order valence-corrected chi connectivity index (χ4v) is 12.5. The maximum absolute atomic E-state index is 14.6. The summed E-state index contributed by atoms with van der Waals surface area (Å²) in [5.41, 5.74) is 3.34. The highest BCUT2D eigenvalue weighted by Crippen LogP contribution is 2.49. The quantitative estimate of drug-likeness (QED) is 0.0849. The van der Waals surface area contributed by atoms with E-state index in [1.807, 2.05) is 82.5 Å². The van der Waals surface area contributed by atoms with E-state index in [0.29, 0.717) is 105 Å². The van der Waals surface area contributed by atoms with E-state index in [1.165, 1.54) is 0 Å². The molecular formula is C72H96Cl4N4O9. The summed E-state index contributed by atoms with van der Waals surface area (Å²) in [5, 5.41) is 12.1. The first-order valence-corrected chi connectivity index (χ1v) is 33.0. The van der Waals surface area contributed by atoms with E-state index in [9.17, 15) is 29.1 Å². The molecule has 17 heteroatoms. The topological polar surface area (TPSA) is 164 Å². The molecule has 13 nitrogen and oxygen atoms in total. The van der Waals surface area contributed by atoms with E-state index >= 15 is 0 Å². The molecule has 0 saturated heterocycles. The third-order valence-electron chi connectivity index (χ3n) is 16.0. The number of halogens is 4. The van der Waals surface area contributed by atoms with E-state index in [1.54, 1.807) is 60.7 Å². The van der Waals surface area contributed by atoms with Gasteiger partial charge >= 0.3 is 11.9 Å². The van der Waals surface area contributed by atoms with Crippen LogP contribution in [0.5, 0.6) is 0 Å². The van der Waals surface area contributed by atoms with E-state index in [4.69, 9.17) is 70.6 Å². The number of carbonyl (C=O) groups is 5. The van der Waals surface area contributed by atoms with Crippen molar-refractivity contribution in [2.24, 2.45) is 31.6 Å². The Kier molecular flexibility index (Phi) is 24.6. The van der Waals surface area contributed by atoms with Gasteiger partial charge in [-0.25, -0.2) is 9.59 Å². The van der Waals surface area contributed by atoms with Crippen LogP contribution in [0.4, 0.5) is 0 Å². The Morgan fingerprint density at radius 3 is 1.18 bits per heavy atom. The molecule has 2 amide bonds. The summed E-state index contributed by atoms with van der Waals surface area (Å²) in [6, 6.07) is 24.6. The second-order valence-corrected chi connectivity index (χ2v) is 31.5. The van der Waals surface area contributed by atoms with Crippen molar-refractivity contribution in [1.29, 1.82) is 0 Å². The Balaban J connectivity index is 0.000000261. The Morgan fingerprint density at radius 2 is 0.888 bits per heavy atom. The maximum atomic E-state index is 14.6. The number of rotatable bonds is 16. The minimum Gasteiger partial charge on any atom is -0.459 e. The molecule has 2 atom stereocenters. The monoisotopic (exact) mass is 1300 g/mol. The van der Waals surface area contributed by atoms with E-state index in [2.05, 4.69) is 62.3 Å². The van der Waals surface area contributed by atoms with Crippen molar-refractivity contribution >= 4 is 87.9 Å². The van der Waals surface area contributed by atoms with Gasteiger partial charge in [0.1, 0.15) is 29.0 Å². The molecule has 4 aromatic carbocycles. The molecule has 2 aliphatic heterocycles. The van der Waals surface area contributed by atoms with E-state index in [0.717, 1.165) is 49.5 Å². The lowest BCUT2D eigenvalue weighted by Gasteiger charge is -2.46. The van der Waals surface area contributed by atoms with Gasteiger partial charge in [-0.05, 0) is 193 Å². The number of aliphatic hydroxyl groups excluding tert-OH is 1. The van der Waals surface area contributed by atoms with Gasteiger partial charge in [0.15, 0.2) is 0 Å². The molecule has 2 spiro atoms. The number of ether oxygens (including phenoxy) is 3. The molecule has 0 unspecified atom stereocenters. The van der Waals surface area contributed by atoms with E-state index in [-0.39, 0.29) is 75.8 Å². The van der Waals surface area contributed by atoms with Crippen LogP contribution >= 0.6 is 46.4 Å². The lowest BCUT2D eigenvalue weighted by Crippen LogP contribution is -2.51. The normalized spacial score (nSPS) is 21.2. The summed E-state index contributed by atoms with van der Waals surface area (Å²) in [6.07, 6.45) is 8.68. The van der Waals surface area contributed by atoms with Crippen molar-refractivity contribution < 1.29 is 43.3 Å². The Labute approximate surface area is 550 Å². The van der Waals surface area contributed by atoms with Gasteiger partial charge in [0.05, 0.1) is 54.2 Å². The first kappa shape index (κ1) is 72.9. The number of aliphatic hydroxyl groups is 1. The number of carbonyl (C=O) groups excluding carboxylic acids is 5. The van der Waals surface area contributed by atoms with Crippen LogP contribution in [0.2, 0.25) is 20.1 Å². The lowest BCUT2D eigenvalue weighted by molar-refractivity contribution is -0.135. The number of hydrogen-bond donors (Lipinski definition) is 1. The summed E-state index contributed by atoms with van der Waals surface area (Å²) in [6.45, 7) is 33.3. The van der Waals surface area contributed by atoms with Gasteiger partial charge in [0.25, 0.3) is 11.8 Å². The molecule has 486 valence electrons. The van der Waals surface area contributed by atoms with Gasteiger partial charge < -0.3 is 33.9 Å². The summed E-state index contributed by atoms with van der Waals surface area (Å²) in [5.74, 6) is -1.03. The molecule has 4 aliphatic rings. The molecule has 0 bridgehead atoms. The molecule has 0 aromatic heterocycles. The molecule has 2 aliphatic carbocycles. The third kappa shape index (κ3) is 20.7. The van der Waals surface area contributed by atoms with Gasteiger partial charge in [-0.3, -0.25) is 19.6 Å². The van der Waals surface area contributed by atoms with Gasteiger partial charge in [0, 0.05) is 36.6 Å². The largest absolute Gasteiger partial charge is 0.459 e. The molecular weight excluding hydrogens is 1210 g/mol. The average molecular weight is 1300 g/mol. The predicted octanol–water partition coefficient (Wildman–Crippen LogP) is 18.1. The smallest absolute Gasteiger partial charge is 0.338 e. The second kappa shape index (κ2) is 30.1. The SMILES string of the molecule is CC(C)(C)C=O.CC(C)OC(=O)c1ccc([C@@H](CCC(C)(C)C)N2C(=O)C(c3cc(Cl)cc(Cl)c3)=NC23CCC(O)CC3)cc1.CC(C)OC(=O)c1ccc([C@@H](CCC(C)(C)C)N2C(=O)C(c3cc(Cl)cc(Cl)c3)=NC23CCC(OCC(C)(C)C)CC3)cc1. The highest BCUT2D eigenvalue weighted by Gasteiger charge is 2.54. The van der Waals surface area contributed by atoms with Crippen LogP contribution < -0.4 is 0 Å². The molecule has 0 radical (unpaired) electrons. The summed E-state index contributed by atoms with van der Waals surface area (Å²) >= 11 is 25.4. The highest BCUT2D eigenvalue weighted by atomic mass is 35.5.